The molecule has 0 saturated carbocycles. The van der Waals surface area contributed by atoms with Crippen LogP contribution in [0.1, 0.15) is 59.3 Å². The quantitative estimate of drug-likeness (QED) is 0.738. The fraction of sp³-hybridized carbons (Fsp3) is 1.00. The van der Waals surface area contributed by atoms with Crippen molar-refractivity contribution in [1.29, 1.82) is 0 Å². The molecule has 0 aromatic carbocycles. The Morgan fingerprint density at radius 3 is 2.75 bits per heavy atom. The summed E-state index contributed by atoms with van der Waals surface area (Å²) in [6.45, 7) is 13.2. The van der Waals surface area contributed by atoms with Crippen molar-refractivity contribution in [3.05, 3.63) is 0 Å². The number of hydrogen-bond acceptors (Lipinski definition) is 3. The number of nitrogens with zero attached hydrogens (tertiary/aromatic N) is 2. The Hall–Kier alpha value is -0.120. The van der Waals surface area contributed by atoms with Gasteiger partial charge in [0.15, 0.2) is 0 Å². The molecule has 2 fully saturated rings. The molecule has 20 heavy (non-hydrogen) atoms. The molecule has 0 aromatic heterocycles. The smallest absolute Gasteiger partial charge is 0.0111 e. The molecule has 2 heterocycles. The summed E-state index contributed by atoms with van der Waals surface area (Å²) >= 11 is 0. The molecule has 0 aliphatic carbocycles. The predicted octanol–water partition coefficient (Wildman–Crippen LogP) is 2.71. The van der Waals surface area contributed by atoms with E-state index in [1.165, 1.54) is 71.2 Å². The van der Waals surface area contributed by atoms with Crippen LogP contribution in [0.3, 0.4) is 0 Å². The Morgan fingerprint density at radius 1 is 1.20 bits per heavy atom. The van der Waals surface area contributed by atoms with Crippen molar-refractivity contribution < 1.29 is 0 Å². The third-order valence-electron chi connectivity index (χ3n) is 5.35. The van der Waals surface area contributed by atoms with Gasteiger partial charge >= 0.3 is 0 Å². The zero-order valence-corrected chi connectivity index (χ0v) is 13.9. The molecule has 2 aliphatic rings. The topological polar surface area (TPSA) is 18.5 Å². The summed E-state index contributed by atoms with van der Waals surface area (Å²) in [5, 5.41) is 3.90. The molecule has 0 spiro atoms. The Balaban J connectivity index is 1.60. The van der Waals surface area contributed by atoms with Gasteiger partial charge < -0.3 is 15.1 Å². The molecule has 3 nitrogen and oxygen atoms in total. The molecule has 2 saturated heterocycles. The van der Waals surface area contributed by atoms with Crippen LogP contribution < -0.4 is 5.32 Å². The molecule has 0 radical (unpaired) electrons. The van der Waals surface area contributed by atoms with Crippen molar-refractivity contribution in [2.45, 2.75) is 77.4 Å². The van der Waals surface area contributed by atoms with E-state index in [4.69, 9.17) is 0 Å². The third-order valence-corrected chi connectivity index (χ3v) is 5.35. The second-order valence-electron chi connectivity index (χ2n) is 6.79. The highest BCUT2D eigenvalue weighted by atomic mass is 15.2. The van der Waals surface area contributed by atoms with Crippen LogP contribution in [0.5, 0.6) is 0 Å². The van der Waals surface area contributed by atoms with E-state index >= 15 is 0 Å². The van der Waals surface area contributed by atoms with Crippen LogP contribution in [0.15, 0.2) is 0 Å². The van der Waals surface area contributed by atoms with Crippen molar-refractivity contribution >= 4 is 0 Å². The lowest BCUT2D eigenvalue weighted by molar-refractivity contribution is 0.160. The minimum atomic E-state index is 0.684. The van der Waals surface area contributed by atoms with Crippen LogP contribution in [0, 0.1) is 0 Å². The zero-order chi connectivity index (χ0) is 14.4. The van der Waals surface area contributed by atoms with Crippen LogP contribution in [0.2, 0.25) is 0 Å². The molecule has 2 rings (SSSR count). The van der Waals surface area contributed by atoms with Gasteiger partial charge in [-0.1, -0.05) is 13.8 Å². The van der Waals surface area contributed by atoms with Crippen molar-refractivity contribution in [2.75, 3.05) is 32.7 Å². The van der Waals surface area contributed by atoms with Crippen LogP contribution >= 0.6 is 0 Å². The molecule has 3 heteroatoms. The summed E-state index contributed by atoms with van der Waals surface area (Å²) in [6.07, 6.45) is 8.27. The fourth-order valence-corrected chi connectivity index (χ4v) is 4.02. The van der Waals surface area contributed by atoms with Gasteiger partial charge in [0.1, 0.15) is 0 Å². The minimum absolute atomic E-state index is 0.684. The summed E-state index contributed by atoms with van der Waals surface area (Å²) in [4.78, 5) is 5.24. The highest BCUT2D eigenvalue weighted by Gasteiger charge is 2.31. The van der Waals surface area contributed by atoms with Crippen LogP contribution in [-0.2, 0) is 0 Å². The predicted molar refractivity (Wildman–Crippen MR) is 87.2 cm³/mol. The van der Waals surface area contributed by atoms with Crippen LogP contribution in [0.4, 0.5) is 0 Å². The second kappa shape index (κ2) is 8.35. The second-order valence-corrected chi connectivity index (χ2v) is 6.79. The van der Waals surface area contributed by atoms with Crippen LogP contribution in [-0.4, -0.2) is 60.6 Å². The van der Waals surface area contributed by atoms with Crippen molar-refractivity contribution in [2.24, 2.45) is 0 Å². The zero-order valence-electron chi connectivity index (χ0n) is 13.9. The molecule has 0 amide bonds. The van der Waals surface area contributed by atoms with E-state index in [1.807, 2.05) is 0 Å². The van der Waals surface area contributed by atoms with Gasteiger partial charge in [-0.3, -0.25) is 0 Å². The Morgan fingerprint density at radius 2 is 2.00 bits per heavy atom. The molecule has 3 atom stereocenters. The van der Waals surface area contributed by atoms with Gasteiger partial charge in [-0.2, -0.15) is 0 Å². The lowest BCUT2D eigenvalue weighted by Gasteiger charge is -2.36. The molecule has 1 N–H and O–H groups in total. The standard InChI is InChI=1S/C17H35N3/c1-4-19(5-2)11-6-8-15(3)18-16-10-13-20-12-7-9-17(20)14-16/h15-18H,4-14H2,1-3H3. The minimum Gasteiger partial charge on any atom is -0.311 e. The molecule has 3 unspecified atom stereocenters. The van der Waals surface area contributed by atoms with E-state index in [2.05, 4.69) is 35.9 Å². The van der Waals surface area contributed by atoms with Gasteiger partial charge in [-0.05, 0) is 78.2 Å². The van der Waals surface area contributed by atoms with Crippen LogP contribution in [0.25, 0.3) is 0 Å². The summed E-state index contributed by atoms with van der Waals surface area (Å²) in [5.74, 6) is 0. The lowest BCUT2D eigenvalue weighted by atomic mass is 9.96. The first kappa shape index (κ1) is 16.3. The van der Waals surface area contributed by atoms with Gasteiger partial charge in [-0.15, -0.1) is 0 Å². The fourth-order valence-electron chi connectivity index (χ4n) is 4.02. The molecule has 2 aliphatic heterocycles. The molecular formula is C17H35N3. The first-order valence-electron chi connectivity index (χ1n) is 8.95. The Labute approximate surface area is 126 Å². The van der Waals surface area contributed by atoms with Gasteiger partial charge in [0, 0.05) is 18.1 Å². The number of nitrogens with one attached hydrogen (secondary N) is 1. The van der Waals surface area contributed by atoms with E-state index in [0.29, 0.717) is 6.04 Å². The van der Waals surface area contributed by atoms with Gasteiger partial charge in [0.25, 0.3) is 0 Å². The van der Waals surface area contributed by atoms with Crippen molar-refractivity contribution in [3.63, 3.8) is 0 Å². The van der Waals surface area contributed by atoms with E-state index in [9.17, 15) is 0 Å². The summed E-state index contributed by atoms with van der Waals surface area (Å²) < 4.78 is 0. The number of hydrogen-bond donors (Lipinski definition) is 1. The monoisotopic (exact) mass is 281 g/mol. The van der Waals surface area contributed by atoms with E-state index in [0.717, 1.165) is 12.1 Å². The van der Waals surface area contributed by atoms with Gasteiger partial charge in [-0.25, -0.2) is 0 Å². The lowest BCUT2D eigenvalue weighted by Crippen LogP contribution is -2.48. The first-order valence-corrected chi connectivity index (χ1v) is 8.95. The average molecular weight is 281 g/mol. The third kappa shape index (κ3) is 4.71. The molecule has 118 valence electrons. The number of piperidine rings is 1. The van der Waals surface area contributed by atoms with E-state index in [1.54, 1.807) is 0 Å². The summed E-state index contributed by atoms with van der Waals surface area (Å²) in [7, 11) is 0. The number of fused-ring (bicyclic) bond motifs is 1. The van der Waals surface area contributed by atoms with Gasteiger partial charge in [0.2, 0.25) is 0 Å². The molecular weight excluding hydrogens is 246 g/mol. The largest absolute Gasteiger partial charge is 0.311 e. The Kier molecular flexibility index (Phi) is 6.79. The van der Waals surface area contributed by atoms with E-state index in [-0.39, 0.29) is 0 Å². The average Bonchev–Trinajstić information content (AvgIpc) is 2.91. The summed E-state index contributed by atoms with van der Waals surface area (Å²) in [5.41, 5.74) is 0. The normalized spacial score (nSPS) is 28.8. The first-order chi connectivity index (χ1) is 9.72. The Bertz CT molecular complexity index is 265. The number of rotatable bonds is 8. The van der Waals surface area contributed by atoms with Crippen molar-refractivity contribution in [1.82, 2.24) is 15.1 Å². The molecule has 0 bridgehead atoms. The summed E-state index contributed by atoms with van der Waals surface area (Å²) in [6, 6.07) is 2.35. The maximum Gasteiger partial charge on any atom is 0.0111 e. The maximum atomic E-state index is 3.90. The SMILES string of the molecule is CCN(CC)CCCC(C)NC1CCN2CCCC2C1. The highest BCUT2D eigenvalue weighted by Crippen LogP contribution is 2.27. The highest BCUT2D eigenvalue weighted by molar-refractivity contribution is 4.89. The van der Waals surface area contributed by atoms with Crippen molar-refractivity contribution in [3.8, 4) is 0 Å². The van der Waals surface area contributed by atoms with Gasteiger partial charge in [0.05, 0.1) is 0 Å². The van der Waals surface area contributed by atoms with E-state index < -0.39 is 0 Å². The maximum absolute atomic E-state index is 3.90. The molecule has 0 aromatic rings.